The summed E-state index contributed by atoms with van der Waals surface area (Å²) in [5.74, 6) is 1.95. The molecule has 0 bridgehead atoms. The van der Waals surface area contributed by atoms with Crippen LogP contribution in [0.4, 0.5) is 0 Å². The summed E-state index contributed by atoms with van der Waals surface area (Å²) < 4.78 is 16.5. The van der Waals surface area contributed by atoms with Crippen molar-refractivity contribution in [3.63, 3.8) is 0 Å². The molecule has 0 radical (unpaired) electrons. The summed E-state index contributed by atoms with van der Waals surface area (Å²) in [4.78, 5) is 0. The molecule has 0 spiro atoms. The lowest BCUT2D eigenvalue weighted by molar-refractivity contribution is 0.0135. The van der Waals surface area contributed by atoms with Gasteiger partial charge in [0.25, 0.3) is 0 Å². The third kappa shape index (κ3) is 2.60. The third-order valence-corrected chi connectivity index (χ3v) is 3.20. The van der Waals surface area contributed by atoms with Gasteiger partial charge in [0, 0.05) is 6.54 Å². The number of methoxy groups -OCH3 is 2. The lowest BCUT2D eigenvalue weighted by Crippen LogP contribution is -2.27. The van der Waals surface area contributed by atoms with E-state index in [1.165, 1.54) is 0 Å². The Morgan fingerprint density at radius 1 is 1.22 bits per heavy atom. The quantitative estimate of drug-likeness (QED) is 0.891. The molecule has 4 nitrogen and oxygen atoms in total. The number of benzene rings is 1. The van der Waals surface area contributed by atoms with Crippen LogP contribution in [0.15, 0.2) is 18.2 Å². The fourth-order valence-electron chi connectivity index (χ4n) is 2.14. The molecule has 4 heteroatoms. The summed E-state index contributed by atoms with van der Waals surface area (Å²) in [5.41, 5.74) is 1.11. The summed E-state index contributed by atoms with van der Waals surface area (Å²) in [5, 5.41) is 3.38. The van der Waals surface area contributed by atoms with Crippen molar-refractivity contribution in [2.45, 2.75) is 26.2 Å². The van der Waals surface area contributed by atoms with Gasteiger partial charge in [0.05, 0.1) is 20.3 Å². The Labute approximate surface area is 108 Å². The van der Waals surface area contributed by atoms with E-state index in [1.54, 1.807) is 14.2 Å². The molecule has 1 saturated heterocycles. The number of ether oxygens (including phenoxy) is 3. The van der Waals surface area contributed by atoms with Crippen LogP contribution in [0, 0.1) is 5.92 Å². The minimum Gasteiger partial charge on any atom is -0.493 e. The highest BCUT2D eigenvalue weighted by Crippen LogP contribution is 2.33. The molecule has 1 fully saturated rings. The van der Waals surface area contributed by atoms with E-state index in [9.17, 15) is 0 Å². The van der Waals surface area contributed by atoms with Crippen molar-refractivity contribution in [1.82, 2.24) is 5.32 Å². The molecule has 2 atom stereocenters. The van der Waals surface area contributed by atoms with Gasteiger partial charge in [-0.2, -0.15) is 0 Å². The van der Waals surface area contributed by atoms with Gasteiger partial charge in [0.15, 0.2) is 11.5 Å². The maximum absolute atomic E-state index is 5.97. The van der Waals surface area contributed by atoms with Crippen molar-refractivity contribution in [3.8, 4) is 11.5 Å². The van der Waals surface area contributed by atoms with Crippen LogP contribution in [0.3, 0.4) is 0 Å². The zero-order valence-electron chi connectivity index (χ0n) is 11.4. The second-order valence-corrected chi connectivity index (χ2v) is 4.81. The molecule has 0 aromatic heterocycles. The Morgan fingerprint density at radius 2 is 1.94 bits per heavy atom. The summed E-state index contributed by atoms with van der Waals surface area (Å²) in [6.07, 6.45) is 0.209. The van der Waals surface area contributed by atoms with Gasteiger partial charge < -0.3 is 14.2 Å². The first-order chi connectivity index (χ1) is 8.65. The van der Waals surface area contributed by atoms with Gasteiger partial charge in [-0.3, -0.25) is 5.32 Å². The summed E-state index contributed by atoms with van der Waals surface area (Å²) in [7, 11) is 3.28. The highest BCUT2D eigenvalue weighted by Gasteiger charge is 2.28. The SMILES string of the molecule is COc1ccc(C2CNC(C(C)C)O2)cc1OC. The van der Waals surface area contributed by atoms with Gasteiger partial charge in [-0.05, 0) is 23.6 Å². The zero-order chi connectivity index (χ0) is 13.1. The first kappa shape index (κ1) is 13.2. The van der Waals surface area contributed by atoms with E-state index >= 15 is 0 Å². The van der Waals surface area contributed by atoms with Crippen LogP contribution in [0.2, 0.25) is 0 Å². The Bertz CT molecular complexity index is 406. The molecule has 1 heterocycles. The first-order valence-corrected chi connectivity index (χ1v) is 6.26. The number of rotatable bonds is 4. The summed E-state index contributed by atoms with van der Waals surface area (Å²) in [6, 6.07) is 5.92. The molecule has 1 aromatic carbocycles. The lowest BCUT2D eigenvalue weighted by atomic mass is 10.1. The average Bonchev–Trinajstić information content (AvgIpc) is 2.87. The van der Waals surface area contributed by atoms with Gasteiger partial charge in [-0.15, -0.1) is 0 Å². The maximum atomic E-state index is 5.97. The highest BCUT2D eigenvalue weighted by molar-refractivity contribution is 5.43. The third-order valence-electron chi connectivity index (χ3n) is 3.20. The zero-order valence-corrected chi connectivity index (χ0v) is 11.4. The molecule has 0 saturated carbocycles. The number of hydrogen-bond acceptors (Lipinski definition) is 4. The molecule has 1 aliphatic heterocycles. The second kappa shape index (κ2) is 5.59. The average molecular weight is 251 g/mol. The Kier molecular flexibility index (Phi) is 4.09. The van der Waals surface area contributed by atoms with E-state index in [-0.39, 0.29) is 12.3 Å². The minimum atomic E-state index is 0.0807. The fourth-order valence-corrected chi connectivity index (χ4v) is 2.14. The maximum Gasteiger partial charge on any atom is 0.161 e. The van der Waals surface area contributed by atoms with Crippen LogP contribution in [0.25, 0.3) is 0 Å². The van der Waals surface area contributed by atoms with Crippen molar-refractivity contribution in [1.29, 1.82) is 0 Å². The molecule has 2 unspecified atom stereocenters. The van der Waals surface area contributed by atoms with Gasteiger partial charge in [-0.25, -0.2) is 0 Å². The van der Waals surface area contributed by atoms with Crippen LogP contribution < -0.4 is 14.8 Å². The van der Waals surface area contributed by atoms with E-state index in [1.807, 2.05) is 18.2 Å². The van der Waals surface area contributed by atoms with Crippen LogP contribution in [0.5, 0.6) is 11.5 Å². The standard InChI is InChI=1S/C14H21NO3/c1-9(2)14-15-8-13(18-14)10-5-6-11(16-3)12(7-10)17-4/h5-7,9,13-15H,8H2,1-4H3. The van der Waals surface area contributed by atoms with E-state index in [0.717, 1.165) is 23.6 Å². The smallest absolute Gasteiger partial charge is 0.161 e. The van der Waals surface area contributed by atoms with Gasteiger partial charge >= 0.3 is 0 Å². The van der Waals surface area contributed by atoms with E-state index in [2.05, 4.69) is 19.2 Å². The lowest BCUT2D eigenvalue weighted by Gasteiger charge is -2.17. The number of hydrogen-bond donors (Lipinski definition) is 1. The molecule has 100 valence electrons. The number of nitrogens with one attached hydrogen (secondary N) is 1. The Morgan fingerprint density at radius 3 is 2.50 bits per heavy atom. The normalized spacial score (nSPS) is 23.4. The van der Waals surface area contributed by atoms with Crippen LogP contribution in [-0.4, -0.2) is 27.0 Å². The van der Waals surface area contributed by atoms with Crippen LogP contribution in [0.1, 0.15) is 25.5 Å². The van der Waals surface area contributed by atoms with Crippen molar-refractivity contribution in [2.75, 3.05) is 20.8 Å². The molecule has 2 rings (SSSR count). The van der Waals surface area contributed by atoms with Gasteiger partial charge in [-0.1, -0.05) is 19.9 Å². The largest absolute Gasteiger partial charge is 0.493 e. The van der Waals surface area contributed by atoms with Crippen molar-refractivity contribution < 1.29 is 14.2 Å². The molecule has 0 amide bonds. The van der Waals surface area contributed by atoms with Gasteiger partial charge in [0.2, 0.25) is 0 Å². The van der Waals surface area contributed by atoms with Gasteiger partial charge in [0.1, 0.15) is 6.23 Å². The minimum absolute atomic E-state index is 0.0807. The first-order valence-electron chi connectivity index (χ1n) is 6.26. The molecule has 18 heavy (non-hydrogen) atoms. The molecule has 1 aliphatic rings. The predicted molar refractivity (Wildman–Crippen MR) is 70.0 cm³/mol. The summed E-state index contributed by atoms with van der Waals surface area (Å²) in [6.45, 7) is 5.13. The topological polar surface area (TPSA) is 39.7 Å². The molecule has 1 aromatic rings. The monoisotopic (exact) mass is 251 g/mol. The fraction of sp³-hybridized carbons (Fsp3) is 0.571. The molecule has 0 aliphatic carbocycles. The van der Waals surface area contributed by atoms with E-state index in [4.69, 9.17) is 14.2 Å². The Hall–Kier alpha value is -1.26. The van der Waals surface area contributed by atoms with Crippen LogP contribution >= 0.6 is 0 Å². The van der Waals surface area contributed by atoms with E-state index in [0.29, 0.717) is 5.92 Å². The predicted octanol–water partition coefficient (Wildman–Crippen LogP) is 2.35. The van der Waals surface area contributed by atoms with Crippen molar-refractivity contribution in [3.05, 3.63) is 23.8 Å². The Balaban J connectivity index is 2.15. The van der Waals surface area contributed by atoms with Crippen LogP contribution in [-0.2, 0) is 4.74 Å². The molecular formula is C14H21NO3. The van der Waals surface area contributed by atoms with E-state index < -0.39 is 0 Å². The van der Waals surface area contributed by atoms with Crippen molar-refractivity contribution in [2.24, 2.45) is 5.92 Å². The molecule has 1 N–H and O–H groups in total. The summed E-state index contributed by atoms with van der Waals surface area (Å²) >= 11 is 0. The highest BCUT2D eigenvalue weighted by atomic mass is 16.5. The molecular weight excluding hydrogens is 230 g/mol. The second-order valence-electron chi connectivity index (χ2n) is 4.81. The van der Waals surface area contributed by atoms with Crippen molar-refractivity contribution >= 4 is 0 Å².